The molecule has 33 heavy (non-hydrogen) atoms. The largest absolute Gasteiger partial charge is 0.503 e. The average Bonchev–Trinajstić information content (AvgIpc) is 3.53. The number of rotatable bonds is 5. The number of thiazole rings is 1. The Bertz CT molecular complexity index is 1450. The van der Waals surface area contributed by atoms with E-state index >= 15 is 0 Å². The Kier molecular flexibility index (Phi) is 4.79. The number of hydrogen-bond acceptors (Lipinski definition) is 8. The predicted molar refractivity (Wildman–Crippen MR) is 121 cm³/mol. The zero-order valence-electron chi connectivity index (χ0n) is 17.9. The number of ketones is 2. The molecule has 1 aliphatic heterocycles. The van der Waals surface area contributed by atoms with Crippen molar-refractivity contribution in [1.82, 2.24) is 4.98 Å². The van der Waals surface area contributed by atoms with E-state index in [4.69, 9.17) is 8.83 Å². The lowest BCUT2D eigenvalue weighted by atomic mass is 10.00. The van der Waals surface area contributed by atoms with Crippen molar-refractivity contribution in [2.24, 2.45) is 0 Å². The molecule has 0 radical (unpaired) electrons. The van der Waals surface area contributed by atoms with Gasteiger partial charge >= 0.3 is 0 Å². The molecule has 1 unspecified atom stereocenters. The Morgan fingerprint density at radius 3 is 2.52 bits per heavy atom. The molecule has 5 rings (SSSR count). The number of aryl methyl sites for hydroxylation is 2. The molecule has 4 heterocycles. The van der Waals surface area contributed by atoms with Crippen LogP contribution >= 0.6 is 11.3 Å². The lowest BCUT2D eigenvalue weighted by Gasteiger charge is -2.22. The van der Waals surface area contributed by atoms with Gasteiger partial charge in [-0.05, 0) is 38.1 Å². The van der Waals surface area contributed by atoms with E-state index in [0.29, 0.717) is 27.3 Å². The molecule has 1 aromatic carbocycles. The first kappa shape index (κ1) is 20.9. The van der Waals surface area contributed by atoms with Gasteiger partial charge in [-0.3, -0.25) is 19.3 Å². The second-order valence-electron chi connectivity index (χ2n) is 7.73. The van der Waals surface area contributed by atoms with Crippen molar-refractivity contribution >= 4 is 44.9 Å². The van der Waals surface area contributed by atoms with Gasteiger partial charge in [0.2, 0.25) is 5.78 Å². The lowest BCUT2D eigenvalue weighted by molar-refractivity contribution is -0.117. The summed E-state index contributed by atoms with van der Waals surface area (Å²) in [4.78, 5) is 44.6. The third-order valence-corrected chi connectivity index (χ3v) is 6.70. The van der Waals surface area contributed by atoms with Crippen molar-refractivity contribution in [1.29, 1.82) is 0 Å². The molecule has 166 valence electrons. The van der Waals surface area contributed by atoms with Gasteiger partial charge in [-0.25, -0.2) is 4.98 Å². The van der Waals surface area contributed by atoms with E-state index in [1.54, 1.807) is 50.2 Å². The molecule has 0 saturated heterocycles. The van der Waals surface area contributed by atoms with Gasteiger partial charge in [0.1, 0.15) is 23.1 Å². The number of carbonyl (C=O) groups excluding carboxylic acids is 3. The molecular formula is C24H18N2O6S. The number of Topliss-reactive ketones (excluding diaryl/α,β-unsaturated/α-hetero) is 2. The van der Waals surface area contributed by atoms with E-state index in [-0.39, 0.29) is 28.0 Å². The van der Waals surface area contributed by atoms with Crippen LogP contribution in [0.5, 0.6) is 0 Å². The third-order valence-electron chi connectivity index (χ3n) is 5.44. The zero-order chi connectivity index (χ0) is 23.4. The molecule has 1 atom stereocenters. The summed E-state index contributed by atoms with van der Waals surface area (Å²) in [5.74, 6) is -1.52. The minimum absolute atomic E-state index is 0.0135. The Balaban J connectivity index is 1.66. The Morgan fingerprint density at radius 1 is 1.12 bits per heavy atom. The van der Waals surface area contributed by atoms with Crippen molar-refractivity contribution in [3.8, 4) is 0 Å². The molecule has 0 fully saturated rings. The van der Waals surface area contributed by atoms with E-state index in [1.165, 1.54) is 11.8 Å². The fourth-order valence-electron chi connectivity index (χ4n) is 3.94. The van der Waals surface area contributed by atoms with E-state index in [1.807, 2.05) is 6.07 Å². The highest BCUT2D eigenvalue weighted by Gasteiger charge is 2.48. The maximum absolute atomic E-state index is 13.5. The summed E-state index contributed by atoms with van der Waals surface area (Å²) in [6.45, 7) is 4.81. The summed E-state index contributed by atoms with van der Waals surface area (Å²) in [5, 5.41) is 11.7. The first-order chi connectivity index (χ1) is 15.8. The maximum atomic E-state index is 13.5. The number of para-hydroxylation sites is 1. The number of nitrogens with zero attached hydrogens (tertiary/aromatic N) is 2. The molecule has 0 aliphatic carbocycles. The first-order valence-electron chi connectivity index (χ1n) is 10.1. The number of carbonyl (C=O) groups is 3. The highest BCUT2D eigenvalue weighted by Crippen LogP contribution is 2.44. The van der Waals surface area contributed by atoms with Crippen LogP contribution in [0.25, 0.3) is 11.0 Å². The Hall–Kier alpha value is -3.98. The van der Waals surface area contributed by atoms with E-state index in [0.717, 1.165) is 11.3 Å². The van der Waals surface area contributed by atoms with Crippen LogP contribution in [0.2, 0.25) is 0 Å². The van der Waals surface area contributed by atoms with Crippen molar-refractivity contribution in [3.05, 3.63) is 81.6 Å². The van der Waals surface area contributed by atoms with Crippen LogP contribution in [-0.4, -0.2) is 27.6 Å². The van der Waals surface area contributed by atoms with E-state index in [2.05, 4.69) is 4.98 Å². The smallest absolute Gasteiger partial charge is 0.296 e. The molecule has 0 saturated carbocycles. The molecular weight excluding hydrogens is 444 g/mol. The monoisotopic (exact) mass is 462 g/mol. The minimum Gasteiger partial charge on any atom is -0.503 e. The SMILES string of the molecule is CC(=O)c1sc(N2C(=O)C(O)=C(C(=O)c3cc4ccccc4o3)C2c2ccc(C)o2)nc1C. The fraction of sp³-hybridized carbons (Fsp3) is 0.167. The number of benzene rings is 1. The predicted octanol–water partition coefficient (Wildman–Crippen LogP) is 5.08. The van der Waals surface area contributed by atoms with Crippen LogP contribution in [0.15, 0.2) is 62.6 Å². The van der Waals surface area contributed by atoms with Crippen LogP contribution in [0.1, 0.15) is 50.4 Å². The number of fused-ring (bicyclic) bond motifs is 1. The van der Waals surface area contributed by atoms with Crippen LogP contribution in [-0.2, 0) is 4.79 Å². The van der Waals surface area contributed by atoms with E-state index in [9.17, 15) is 19.5 Å². The number of aliphatic hydroxyl groups excluding tert-OH is 1. The first-order valence-corrected chi connectivity index (χ1v) is 10.9. The lowest BCUT2D eigenvalue weighted by Crippen LogP contribution is -2.30. The molecule has 8 nitrogen and oxygen atoms in total. The second kappa shape index (κ2) is 7.56. The number of hydrogen-bond donors (Lipinski definition) is 1. The Morgan fingerprint density at radius 2 is 1.88 bits per heavy atom. The van der Waals surface area contributed by atoms with Crippen molar-refractivity contribution in [3.63, 3.8) is 0 Å². The van der Waals surface area contributed by atoms with Crippen molar-refractivity contribution < 1.29 is 28.3 Å². The van der Waals surface area contributed by atoms with Gasteiger partial charge in [-0.15, -0.1) is 0 Å². The number of anilines is 1. The van der Waals surface area contributed by atoms with Gasteiger partial charge < -0.3 is 13.9 Å². The summed E-state index contributed by atoms with van der Waals surface area (Å²) < 4.78 is 11.5. The van der Waals surface area contributed by atoms with Gasteiger partial charge in [-0.2, -0.15) is 0 Å². The molecule has 0 spiro atoms. The standard InChI is InChI=1S/C24H18N2O6S/c1-11-8-9-16(31-11)19-18(20(28)17-10-14-6-4-5-7-15(14)32-17)21(29)23(30)26(19)24-25-12(2)22(33-24)13(3)27/h4-10,19,29H,1-3H3. The summed E-state index contributed by atoms with van der Waals surface area (Å²) in [5.41, 5.74) is 0.793. The molecule has 3 aromatic heterocycles. The topological polar surface area (TPSA) is 114 Å². The van der Waals surface area contributed by atoms with Gasteiger partial charge in [0.05, 0.1) is 16.1 Å². The Labute approximate surface area is 191 Å². The van der Waals surface area contributed by atoms with Gasteiger partial charge in [0, 0.05) is 12.3 Å². The van der Waals surface area contributed by atoms with E-state index < -0.39 is 23.5 Å². The quantitative estimate of drug-likeness (QED) is 0.411. The second-order valence-corrected chi connectivity index (χ2v) is 8.71. The van der Waals surface area contributed by atoms with Gasteiger partial charge in [0.15, 0.2) is 22.4 Å². The number of furan rings is 2. The summed E-state index contributed by atoms with van der Waals surface area (Å²) in [7, 11) is 0. The van der Waals surface area contributed by atoms with Gasteiger partial charge in [-0.1, -0.05) is 29.5 Å². The number of amides is 1. The maximum Gasteiger partial charge on any atom is 0.296 e. The fourth-order valence-corrected chi connectivity index (χ4v) is 4.93. The molecule has 9 heteroatoms. The minimum atomic E-state index is -1.07. The van der Waals surface area contributed by atoms with Crippen LogP contribution in [0.3, 0.4) is 0 Å². The third kappa shape index (κ3) is 3.28. The summed E-state index contributed by atoms with van der Waals surface area (Å²) >= 11 is 1.02. The molecule has 1 amide bonds. The van der Waals surface area contributed by atoms with Gasteiger partial charge in [0.25, 0.3) is 5.91 Å². The van der Waals surface area contributed by atoms with Crippen molar-refractivity contribution in [2.45, 2.75) is 26.8 Å². The summed E-state index contributed by atoms with van der Waals surface area (Å²) in [6.07, 6.45) is 0. The summed E-state index contributed by atoms with van der Waals surface area (Å²) in [6, 6.07) is 10.9. The average molecular weight is 462 g/mol. The zero-order valence-corrected chi connectivity index (χ0v) is 18.7. The van der Waals surface area contributed by atoms with Crippen LogP contribution in [0, 0.1) is 13.8 Å². The number of aromatic nitrogens is 1. The molecule has 1 N–H and O–H groups in total. The normalized spacial score (nSPS) is 16.3. The highest BCUT2D eigenvalue weighted by atomic mass is 32.1. The van der Waals surface area contributed by atoms with Crippen LogP contribution < -0.4 is 4.90 Å². The number of aliphatic hydroxyl groups is 1. The van der Waals surface area contributed by atoms with Crippen molar-refractivity contribution in [2.75, 3.05) is 4.90 Å². The highest BCUT2D eigenvalue weighted by molar-refractivity contribution is 7.17. The molecule has 0 bridgehead atoms. The molecule has 1 aliphatic rings. The van der Waals surface area contributed by atoms with Crippen LogP contribution in [0.4, 0.5) is 5.13 Å². The molecule has 4 aromatic rings.